The quantitative estimate of drug-likeness (QED) is 0.489. The van der Waals surface area contributed by atoms with Crippen molar-refractivity contribution in [2.75, 3.05) is 0 Å². The van der Waals surface area contributed by atoms with Gasteiger partial charge in [0.2, 0.25) is 0 Å². The Kier molecular flexibility index (Phi) is 6.45. The van der Waals surface area contributed by atoms with E-state index in [1.807, 2.05) is 45.4 Å². The van der Waals surface area contributed by atoms with Gasteiger partial charge in [0, 0.05) is 34.9 Å². The molecule has 4 rings (SSSR count). The Bertz CT molecular complexity index is 1440. The molecule has 0 saturated carbocycles. The maximum absolute atomic E-state index is 13.6. The van der Waals surface area contributed by atoms with Gasteiger partial charge in [0.1, 0.15) is 0 Å². The van der Waals surface area contributed by atoms with Crippen molar-refractivity contribution in [3.05, 3.63) is 62.3 Å². The van der Waals surface area contributed by atoms with Gasteiger partial charge in [0.15, 0.2) is 5.65 Å². The monoisotopic (exact) mass is 490 g/mol. The minimum atomic E-state index is -0.253. The normalized spacial score (nSPS) is 16.9. The molecule has 0 bridgehead atoms. The number of nitrogens with zero attached hydrogens (tertiary/aromatic N) is 3. The van der Waals surface area contributed by atoms with Crippen LogP contribution >= 0.6 is 0 Å². The predicted molar refractivity (Wildman–Crippen MR) is 144 cm³/mol. The highest BCUT2D eigenvalue weighted by atomic mass is 16.1. The number of rotatable bonds is 5. The molecule has 8 nitrogen and oxygen atoms in total. The molecule has 0 atom stereocenters. The molecule has 8 heteroatoms. The molecule has 0 radical (unpaired) electrons. The number of aryl methyl sites for hydroxylation is 1. The van der Waals surface area contributed by atoms with Crippen molar-refractivity contribution in [1.29, 1.82) is 0 Å². The highest BCUT2D eigenvalue weighted by Gasteiger charge is 2.33. The van der Waals surface area contributed by atoms with Crippen LogP contribution in [-0.4, -0.2) is 36.7 Å². The average molecular weight is 491 g/mol. The Morgan fingerprint density at radius 3 is 2.50 bits per heavy atom. The van der Waals surface area contributed by atoms with Crippen LogP contribution in [0.4, 0.5) is 0 Å². The lowest BCUT2D eigenvalue weighted by atomic mass is 9.82. The number of fused-ring (bicyclic) bond motifs is 1. The summed E-state index contributed by atoms with van der Waals surface area (Å²) < 4.78 is 1.85. The topological polar surface area (TPSA) is 105 Å². The van der Waals surface area contributed by atoms with Crippen LogP contribution in [-0.2, 0) is 6.54 Å². The van der Waals surface area contributed by atoms with Gasteiger partial charge in [-0.05, 0) is 91.5 Å². The van der Waals surface area contributed by atoms with Crippen molar-refractivity contribution in [3.8, 4) is 0 Å². The molecule has 3 aromatic rings. The Morgan fingerprint density at radius 2 is 1.86 bits per heavy atom. The van der Waals surface area contributed by atoms with E-state index in [1.54, 1.807) is 6.20 Å². The standard InChI is InChI=1S/C28H38N6O2/c1-15(2)34-24-22(14-30-34)20(10-23(32-24)19-11-27(6,7)33-28(8,9)12-19)25(35)29-13-21-17(4)16(3)18(5)31-26(21)36/h10-11,14-15,33H,12-13H2,1-9H3,(H,29,35)(H,31,36). The molecule has 4 heterocycles. The Labute approximate surface area is 212 Å². The minimum absolute atomic E-state index is 0.0905. The van der Waals surface area contributed by atoms with Crippen LogP contribution < -0.4 is 16.2 Å². The van der Waals surface area contributed by atoms with Crippen molar-refractivity contribution >= 4 is 22.5 Å². The summed E-state index contributed by atoms with van der Waals surface area (Å²) in [5, 5.41) is 11.9. The van der Waals surface area contributed by atoms with Gasteiger partial charge in [-0.2, -0.15) is 5.10 Å². The minimum Gasteiger partial charge on any atom is -0.348 e. The lowest BCUT2D eigenvalue weighted by molar-refractivity contribution is 0.0952. The van der Waals surface area contributed by atoms with E-state index in [9.17, 15) is 9.59 Å². The van der Waals surface area contributed by atoms with E-state index >= 15 is 0 Å². The van der Waals surface area contributed by atoms with Crippen LogP contribution in [0.25, 0.3) is 16.6 Å². The highest BCUT2D eigenvalue weighted by molar-refractivity contribution is 6.06. The van der Waals surface area contributed by atoms with Gasteiger partial charge in [-0.25, -0.2) is 9.67 Å². The number of aromatic amines is 1. The first-order valence-electron chi connectivity index (χ1n) is 12.6. The van der Waals surface area contributed by atoms with Crippen LogP contribution in [0.2, 0.25) is 0 Å². The van der Waals surface area contributed by atoms with Crippen molar-refractivity contribution in [2.45, 2.75) is 92.4 Å². The molecule has 192 valence electrons. The molecule has 0 aromatic carbocycles. The van der Waals surface area contributed by atoms with Gasteiger partial charge in [0.25, 0.3) is 11.5 Å². The van der Waals surface area contributed by atoms with Gasteiger partial charge < -0.3 is 15.6 Å². The molecule has 0 spiro atoms. The molecular weight excluding hydrogens is 452 g/mol. The molecule has 1 aliphatic heterocycles. The van der Waals surface area contributed by atoms with E-state index in [2.05, 4.69) is 54.5 Å². The summed E-state index contributed by atoms with van der Waals surface area (Å²) in [4.78, 5) is 34.0. The van der Waals surface area contributed by atoms with E-state index in [0.717, 1.165) is 34.5 Å². The first-order valence-corrected chi connectivity index (χ1v) is 12.6. The second-order valence-corrected chi connectivity index (χ2v) is 11.5. The van der Waals surface area contributed by atoms with Gasteiger partial charge in [0.05, 0.1) is 22.8 Å². The molecule has 0 fully saturated rings. The predicted octanol–water partition coefficient (Wildman–Crippen LogP) is 4.49. The van der Waals surface area contributed by atoms with Gasteiger partial charge in [-0.3, -0.25) is 9.59 Å². The largest absolute Gasteiger partial charge is 0.348 e. The van der Waals surface area contributed by atoms with Crippen molar-refractivity contribution in [1.82, 2.24) is 30.4 Å². The van der Waals surface area contributed by atoms with Crippen LogP contribution in [0.15, 0.2) is 23.1 Å². The number of pyridine rings is 2. The molecule has 1 aliphatic rings. The van der Waals surface area contributed by atoms with Crippen molar-refractivity contribution < 1.29 is 4.79 Å². The Hall–Kier alpha value is -3.26. The zero-order chi connectivity index (χ0) is 26.6. The summed E-state index contributed by atoms with van der Waals surface area (Å²) in [5.41, 5.74) is 5.89. The lowest BCUT2D eigenvalue weighted by Crippen LogP contribution is -2.53. The summed E-state index contributed by atoms with van der Waals surface area (Å²) in [6.07, 6.45) is 4.69. The number of amides is 1. The maximum atomic E-state index is 13.6. The molecule has 3 N–H and O–H groups in total. The zero-order valence-corrected chi connectivity index (χ0v) is 22.9. The van der Waals surface area contributed by atoms with E-state index in [4.69, 9.17) is 4.98 Å². The Morgan fingerprint density at radius 1 is 1.17 bits per heavy atom. The molecule has 1 amide bonds. The second-order valence-electron chi connectivity index (χ2n) is 11.5. The smallest absolute Gasteiger partial charge is 0.253 e. The van der Waals surface area contributed by atoms with Gasteiger partial charge >= 0.3 is 0 Å². The summed E-state index contributed by atoms with van der Waals surface area (Å²) in [6, 6.07) is 1.96. The third-order valence-corrected chi connectivity index (χ3v) is 7.04. The number of nitrogens with one attached hydrogen (secondary N) is 3. The summed E-state index contributed by atoms with van der Waals surface area (Å²) in [7, 11) is 0. The Balaban J connectivity index is 1.79. The fourth-order valence-corrected chi connectivity index (χ4v) is 5.32. The fourth-order valence-electron chi connectivity index (χ4n) is 5.32. The number of carbonyl (C=O) groups excluding carboxylic acids is 1. The average Bonchev–Trinajstić information content (AvgIpc) is 3.19. The summed E-state index contributed by atoms with van der Waals surface area (Å²) >= 11 is 0. The van der Waals surface area contributed by atoms with E-state index < -0.39 is 0 Å². The van der Waals surface area contributed by atoms with Gasteiger partial charge in [-0.1, -0.05) is 6.08 Å². The fraction of sp³-hybridized carbons (Fsp3) is 0.500. The highest BCUT2D eigenvalue weighted by Crippen LogP contribution is 2.34. The van der Waals surface area contributed by atoms with Crippen LogP contribution in [0.5, 0.6) is 0 Å². The molecule has 0 aliphatic carbocycles. The molecule has 0 saturated heterocycles. The molecule has 0 unspecified atom stereocenters. The van der Waals surface area contributed by atoms with Crippen molar-refractivity contribution in [2.24, 2.45) is 0 Å². The first kappa shape index (κ1) is 25.8. The molecule has 36 heavy (non-hydrogen) atoms. The zero-order valence-electron chi connectivity index (χ0n) is 22.9. The van der Waals surface area contributed by atoms with E-state index in [-0.39, 0.29) is 35.1 Å². The number of H-pyrrole nitrogens is 1. The number of hydrogen-bond acceptors (Lipinski definition) is 5. The van der Waals surface area contributed by atoms with Crippen LogP contribution in [0, 0.1) is 20.8 Å². The van der Waals surface area contributed by atoms with E-state index in [1.165, 1.54) is 0 Å². The third kappa shape index (κ3) is 4.87. The van der Waals surface area contributed by atoms with Crippen molar-refractivity contribution in [3.63, 3.8) is 0 Å². The summed E-state index contributed by atoms with van der Waals surface area (Å²) in [5.74, 6) is -0.253. The summed E-state index contributed by atoms with van der Waals surface area (Å²) in [6.45, 7) is 18.6. The van der Waals surface area contributed by atoms with Crippen LogP contribution in [0.1, 0.15) is 92.4 Å². The molecular formula is C28H38N6O2. The van der Waals surface area contributed by atoms with E-state index in [0.29, 0.717) is 22.2 Å². The molecule has 3 aromatic heterocycles. The number of aromatic nitrogens is 4. The SMILES string of the molecule is Cc1[nH]c(=O)c(CNC(=O)c2cc(C3=CC(C)(C)NC(C)(C)C3)nc3c2cnn3C(C)C)c(C)c1C. The first-order chi connectivity index (χ1) is 16.7. The number of hydrogen-bond donors (Lipinski definition) is 3. The maximum Gasteiger partial charge on any atom is 0.253 e. The third-order valence-electron chi connectivity index (χ3n) is 7.04. The van der Waals surface area contributed by atoms with Crippen LogP contribution in [0.3, 0.4) is 0 Å². The number of carbonyl (C=O) groups is 1. The second kappa shape index (κ2) is 9.00. The lowest BCUT2D eigenvalue weighted by Gasteiger charge is -2.41. The van der Waals surface area contributed by atoms with Gasteiger partial charge in [-0.15, -0.1) is 0 Å².